The second kappa shape index (κ2) is 8.04. The first-order valence-electron chi connectivity index (χ1n) is 8.29. The number of benzene rings is 1. The average Bonchev–Trinajstić information content (AvgIpc) is 2.70. The van der Waals surface area contributed by atoms with Gasteiger partial charge in [-0.15, -0.1) is 0 Å². The van der Waals surface area contributed by atoms with Gasteiger partial charge in [0.05, 0.1) is 17.3 Å². The molecule has 0 bridgehead atoms. The third-order valence-corrected chi connectivity index (χ3v) is 4.04. The number of hydrogen-bond donors (Lipinski definition) is 1. The zero-order valence-corrected chi connectivity index (χ0v) is 14.4. The van der Waals surface area contributed by atoms with E-state index in [1.807, 2.05) is 31.2 Å². The maximum absolute atomic E-state index is 12.6. The summed E-state index contributed by atoms with van der Waals surface area (Å²) in [4.78, 5) is 21.0. The summed E-state index contributed by atoms with van der Waals surface area (Å²) in [6, 6.07) is 18.7. The van der Waals surface area contributed by atoms with E-state index in [9.17, 15) is 4.79 Å². The number of aromatic nitrogens is 2. The number of aryl methyl sites for hydroxylation is 1. The number of hydrogen-bond acceptors (Lipinski definition) is 4. The van der Waals surface area contributed by atoms with Crippen LogP contribution < -0.4 is 5.32 Å². The van der Waals surface area contributed by atoms with Crippen LogP contribution >= 0.6 is 0 Å². The predicted octanol–water partition coefficient (Wildman–Crippen LogP) is 3.37. The van der Waals surface area contributed by atoms with Gasteiger partial charge in [0.2, 0.25) is 0 Å². The van der Waals surface area contributed by atoms with Crippen LogP contribution in [0.2, 0.25) is 0 Å². The minimum atomic E-state index is -0.294. The van der Waals surface area contributed by atoms with Crippen LogP contribution in [-0.4, -0.2) is 15.9 Å². The van der Waals surface area contributed by atoms with Crippen molar-refractivity contribution < 1.29 is 4.79 Å². The molecule has 1 N–H and O–H groups in total. The largest absolute Gasteiger partial charge is 0.342 e. The van der Waals surface area contributed by atoms with Crippen molar-refractivity contribution in [3.8, 4) is 6.07 Å². The lowest BCUT2D eigenvalue weighted by atomic mass is 10.0. The summed E-state index contributed by atoms with van der Waals surface area (Å²) in [6.45, 7) is 2.04. The molecular formula is C21H18N4O. The molecule has 0 fully saturated rings. The van der Waals surface area contributed by atoms with Crippen molar-refractivity contribution in [2.45, 2.75) is 19.4 Å². The maximum Gasteiger partial charge on any atom is 0.270 e. The minimum Gasteiger partial charge on any atom is -0.342 e. The highest BCUT2D eigenvalue weighted by atomic mass is 16.1. The maximum atomic E-state index is 12.6. The normalized spacial score (nSPS) is 11.4. The van der Waals surface area contributed by atoms with Crippen LogP contribution in [0.5, 0.6) is 0 Å². The molecule has 0 saturated heterocycles. The van der Waals surface area contributed by atoms with E-state index in [2.05, 4.69) is 39.6 Å². The molecule has 0 aliphatic carbocycles. The first kappa shape index (κ1) is 17.3. The number of rotatable bonds is 5. The Labute approximate surface area is 152 Å². The molecule has 5 heteroatoms. The Morgan fingerprint density at radius 1 is 1.12 bits per heavy atom. The molecule has 26 heavy (non-hydrogen) atoms. The van der Waals surface area contributed by atoms with Crippen LogP contribution in [0, 0.1) is 18.3 Å². The van der Waals surface area contributed by atoms with E-state index in [4.69, 9.17) is 5.26 Å². The highest BCUT2D eigenvalue weighted by molar-refractivity contribution is 5.92. The van der Waals surface area contributed by atoms with Gasteiger partial charge in [-0.25, -0.2) is 4.98 Å². The number of carbonyl (C=O) groups excluding carboxylic acids is 1. The Hall–Kier alpha value is -3.52. The molecule has 0 radical (unpaired) electrons. The Bertz CT molecular complexity index is 913. The van der Waals surface area contributed by atoms with Gasteiger partial charge in [0.1, 0.15) is 11.8 Å². The fourth-order valence-electron chi connectivity index (χ4n) is 2.60. The van der Waals surface area contributed by atoms with E-state index < -0.39 is 0 Å². The van der Waals surface area contributed by atoms with E-state index >= 15 is 0 Å². The molecule has 3 rings (SSSR count). The minimum absolute atomic E-state index is 0.272. The molecule has 5 nitrogen and oxygen atoms in total. The molecule has 1 unspecified atom stereocenters. The van der Waals surface area contributed by atoms with Crippen molar-refractivity contribution in [2.75, 3.05) is 0 Å². The smallest absolute Gasteiger partial charge is 0.270 e. The van der Waals surface area contributed by atoms with E-state index in [0.717, 1.165) is 11.3 Å². The zero-order valence-electron chi connectivity index (χ0n) is 14.4. The van der Waals surface area contributed by atoms with Crippen LogP contribution in [0.1, 0.15) is 38.9 Å². The fraction of sp³-hybridized carbons (Fsp3) is 0.143. The van der Waals surface area contributed by atoms with Crippen LogP contribution in [0.25, 0.3) is 0 Å². The first-order valence-corrected chi connectivity index (χ1v) is 8.29. The quantitative estimate of drug-likeness (QED) is 0.771. The molecular weight excluding hydrogens is 324 g/mol. The first-order chi connectivity index (χ1) is 12.7. The van der Waals surface area contributed by atoms with Crippen LogP contribution in [-0.2, 0) is 6.42 Å². The lowest BCUT2D eigenvalue weighted by Crippen LogP contribution is -2.31. The molecule has 3 aromatic rings. The summed E-state index contributed by atoms with van der Waals surface area (Å²) in [7, 11) is 0. The molecule has 0 aliphatic heterocycles. The fourth-order valence-corrected chi connectivity index (χ4v) is 2.60. The highest BCUT2D eigenvalue weighted by Crippen LogP contribution is 2.18. The highest BCUT2D eigenvalue weighted by Gasteiger charge is 2.18. The Kier molecular flexibility index (Phi) is 5.35. The molecule has 2 heterocycles. The predicted molar refractivity (Wildman–Crippen MR) is 98.3 cm³/mol. The van der Waals surface area contributed by atoms with Crippen LogP contribution in [0.4, 0.5) is 0 Å². The van der Waals surface area contributed by atoms with E-state index in [-0.39, 0.29) is 17.6 Å². The van der Waals surface area contributed by atoms with Crippen LogP contribution in [0.15, 0.2) is 67.0 Å². The van der Waals surface area contributed by atoms with Gasteiger partial charge >= 0.3 is 0 Å². The number of amides is 1. The summed E-state index contributed by atoms with van der Waals surface area (Å²) in [5, 5.41) is 11.8. The van der Waals surface area contributed by atoms with Crippen molar-refractivity contribution in [1.29, 1.82) is 5.26 Å². The number of carbonyl (C=O) groups is 1. The standard InChI is InChI=1S/C21H18N4O/c1-15-5-7-16(8-6-15)12-20(18-4-2-3-11-23-18)25-21(26)19-10-9-17(13-22)14-24-19/h2-11,14,20H,12H2,1H3,(H,25,26). The molecule has 0 aliphatic rings. The summed E-state index contributed by atoms with van der Waals surface area (Å²) >= 11 is 0. The summed E-state index contributed by atoms with van der Waals surface area (Å²) in [6.07, 6.45) is 3.73. The Balaban J connectivity index is 1.82. The van der Waals surface area contributed by atoms with Crippen LogP contribution in [0.3, 0.4) is 0 Å². The number of nitrogens with zero attached hydrogens (tertiary/aromatic N) is 3. The number of nitrogens with one attached hydrogen (secondary N) is 1. The molecule has 0 saturated carbocycles. The number of pyridine rings is 2. The van der Waals surface area contributed by atoms with Gasteiger partial charge in [-0.05, 0) is 43.2 Å². The van der Waals surface area contributed by atoms with E-state index in [1.54, 1.807) is 18.3 Å². The topological polar surface area (TPSA) is 78.7 Å². The summed E-state index contributed by atoms with van der Waals surface area (Å²) < 4.78 is 0. The Morgan fingerprint density at radius 2 is 1.92 bits per heavy atom. The lowest BCUT2D eigenvalue weighted by molar-refractivity contribution is 0.0930. The molecule has 128 valence electrons. The van der Waals surface area contributed by atoms with Crippen molar-refractivity contribution in [1.82, 2.24) is 15.3 Å². The van der Waals surface area contributed by atoms with Gasteiger partial charge in [0.25, 0.3) is 5.91 Å². The lowest BCUT2D eigenvalue weighted by Gasteiger charge is -2.18. The van der Waals surface area contributed by atoms with Crippen molar-refractivity contribution >= 4 is 5.91 Å². The molecule has 1 aromatic carbocycles. The van der Waals surface area contributed by atoms with E-state index in [1.165, 1.54) is 11.8 Å². The molecule has 0 spiro atoms. The van der Waals surface area contributed by atoms with Gasteiger partial charge in [-0.2, -0.15) is 5.26 Å². The Morgan fingerprint density at radius 3 is 2.54 bits per heavy atom. The zero-order chi connectivity index (χ0) is 18.4. The van der Waals surface area contributed by atoms with Crippen molar-refractivity contribution in [3.63, 3.8) is 0 Å². The van der Waals surface area contributed by atoms with Gasteiger partial charge < -0.3 is 5.32 Å². The summed E-state index contributed by atoms with van der Waals surface area (Å²) in [5.74, 6) is -0.294. The average molecular weight is 342 g/mol. The van der Waals surface area contributed by atoms with E-state index in [0.29, 0.717) is 12.0 Å². The number of nitriles is 1. The second-order valence-corrected chi connectivity index (χ2v) is 6.01. The third kappa shape index (κ3) is 4.31. The molecule has 1 amide bonds. The third-order valence-electron chi connectivity index (χ3n) is 4.04. The van der Waals surface area contributed by atoms with Gasteiger partial charge in [-0.1, -0.05) is 35.9 Å². The van der Waals surface area contributed by atoms with Gasteiger partial charge in [-0.3, -0.25) is 9.78 Å². The molecule has 1 atom stereocenters. The summed E-state index contributed by atoms with van der Waals surface area (Å²) in [5.41, 5.74) is 3.78. The van der Waals surface area contributed by atoms with Crippen molar-refractivity contribution in [3.05, 3.63) is 95.1 Å². The van der Waals surface area contributed by atoms with Crippen molar-refractivity contribution in [2.24, 2.45) is 0 Å². The van der Waals surface area contributed by atoms with Gasteiger partial charge in [0, 0.05) is 12.4 Å². The monoisotopic (exact) mass is 342 g/mol. The molecule has 2 aromatic heterocycles. The SMILES string of the molecule is Cc1ccc(CC(NC(=O)c2ccc(C#N)cn2)c2ccccn2)cc1. The second-order valence-electron chi connectivity index (χ2n) is 6.01. The van der Waals surface area contributed by atoms with Gasteiger partial charge in [0.15, 0.2) is 0 Å².